The molecule has 0 aliphatic heterocycles. The van der Waals surface area contributed by atoms with Crippen molar-refractivity contribution in [2.75, 3.05) is 5.75 Å². The zero-order valence-electron chi connectivity index (χ0n) is 11.0. The molecule has 0 heterocycles. The van der Waals surface area contributed by atoms with E-state index in [1.54, 1.807) is 0 Å². The van der Waals surface area contributed by atoms with Crippen molar-refractivity contribution in [1.82, 2.24) is 0 Å². The SMILES string of the molecule is C[C@@H]1CCC[C@H](C)C1(N)CSC(C)(C)C. The predicted octanol–water partition coefficient (Wildman–Crippen LogP) is 3.67. The molecule has 1 unspecified atom stereocenters. The maximum absolute atomic E-state index is 6.63. The van der Waals surface area contributed by atoms with Crippen LogP contribution in [0, 0.1) is 11.8 Å². The van der Waals surface area contributed by atoms with Gasteiger partial charge in [0.05, 0.1) is 0 Å². The number of rotatable bonds is 2. The minimum absolute atomic E-state index is 0.0657. The van der Waals surface area contributed by atoms with Crippen molar-refractivity contribution in [3.05, 3.63) is 0 Å². The van der Waals surface area contributed by atoms with Crippen molar-refractivity contribution < 1.29 is 0 Å². The zero-order chi connectivity index (χ0) is 11.7. The Hall–Kier alpha value is 0.310. The molecule has 0 bridgehead atoms. The van der Waals surface area contributed by atoms with E-state index in [1.807, 2.05) is 11.8 Å². The first-order chi connectivity index (χ1) is 6.76. The molecule has 3 atom stereocenters. The van der Waals surface area contributed by atoms with Gasteiger partial charge in [0, 0.05) is 16.0 Å². The van der Waals surface area contributed by atoms with E-state index in [2.05, 4.69) is 34.6 Å². The van der Waals surface area contributed by atoms with Gasteiger partial charge in [-0.25, -0.2) is 0 Å². The molecule has 1 nitrogen and oxygen atoms in total. The minimum Gasteiger partial charge on any atom is -0.324 e. The highest BCUT2D eigenvalue weighted by Crippen LogP contribution is 2.40. The third kappa shape index (κ3) is 3.39. The van der Waals surface area contributed by atoms with Crippen LogP contribution in [0.4, 0.5) is 0 Å². The molecule has 15 heavy (non-hydrogen) atoms. The Balaban J connectivity index is 2.62. The van der Waals surface area contributed by atoms with Gasteiger partial charge in [0.25, 0.3) is 0 Å². The van der Waals surface area contributed by atoms with Gasteiger partial charge in [-0.15, -0.1) is 0 Å². The Morgan fingerprint density at radius 1 is 1.20 bits per heavy atom. The van der Waals surface area contributed by atoms with Gasteiger partial charge in [-0.3, -0.25) is 0 Å². The second-order valence-corrected chi connectivity index (χ2v) is 8.05. The first-order valence-electron chi connectivity index (χ1n) is 6.18. The van der Waals surface area contributed by atoms with Crippen molar-refractivity contribution in [2.45, 2.75) is 64.2 Å². The average molecular weight is 229 g/mol. The van der Waals surface area contributed by atoms with Crippen LogP contribution in [0.25, 0.3) is 0 Å². The van der Waals surface area contributed by atoms with Gasteiger partial charge in [-0.05, 0) is 24.7 Å². The number of nitrogens with two attached hydrogens (primary N) is 1. The highest BCUT2D eigenvalue weighted by molar-refractivity contribution is 8.00. The fraction of sp³-hybridized carbons (Fsp3) is 1.00. The summed E-state index contributed by atoms with van der Waals surface area (Å²) in [6.45, 7) is 11.5. The summed E-state index contributed by atoms with van der Waals surface area (Å²) >= 11 is 2.02. The predicted molar refractivity (Wildman–Crippen MR) is 71.3 cm³/mol. The summed E-state index contributed by atoms with van der Waals surface area (Å²) in [5.74, 6) is 2.46. The van der Waals surface area contributed by atoms with Gasteiger partial charge in [0.15, 0.2) is 0 Å². The lowest BCUT2D eigenvalue weighted by Crippen LogP contribution is -2.56. The first kappa shape index (κ1) is 13.4. The number of hydrogen-bond acceptors (Lipinski definition) is 2. The van der Waals surface area contributed by atoms with Crippen LogP contribution in [0.1, 0.15) is 53.9 Å². The van der Waals surface area contributed by atoms with Crippen molar-refractivity contribution in [3.8, 4) is 0 Å². The summed E-state index contributed by atoms with van der Waals surface area (Å²) in [7, 11) is 0. The van der Waals surface area contributed by atoms with Crippen LogP contribution < -0.4 is 5.73 Å². The average Bonchev–Trinajstić information content (AvgIpc) is 2.10. The van der Waals surface area contributed by atoms with Crippen molar-refractivity contribution >= 4 is 11.8 Å². The second-order valence-electron chi connectivity index (χ2n) is 6.25. The molecule has 2 heteroatoms. The summed E-state index contributed by atoms with van der Waals surface area (Å²) in [4.78, 5) is 0. The molecular formula is C13H27NS. The number of hydrogen-bond donors (Lipinski definition) is 1. The van der Waals surface area contributed by atoms with Crippen LogP contribution in [0.3, 0.4) is 0 Å². The maximum Gasteiger partial charge on any atom is 0.0298 e. The van der Waals surface area contributed by atoms with E-state index >= 15 is 0 Å². The van der Waals surface area contributed by atoms with Gasteiger partial charge < -0.3 is 5.73 Å². The normalized spacial score (nSPS) is 38.0. The smallest absolute Gasteiger partial charge is 0.0298 e. The number of thioether (sulfide) groups is 1. The summed E-state index contributed by atoms with van der Waals surface area (Å²) in [5.41, 5.74) is 6.70. The van der Waals surface area contributed by atoms with E-state index in [9.17, 15) is 0 Å². The van der Waals surface area contributed by atoms with Gasteiger partial charge in [0.1, 0.15) is 0 Å². The fourth-order valence-corrected chi connectivity index (χ4v) is 3.63. The van der Waals surface area contributed by atoms with Gasteiger partial charge in [-0.1, -0.05) is 41.0 Å². The molecule has 1 saturated carbocycles. The molecule has 0 spiro atoms. The van der Waals surface area contributed by atoms with E-state index in [4.69, 9.17) is 5.73 Å². The molecular weight excluding hydrogens is 202 g/mol. The van der Waals surface area contributed by atoms with Gasteiger partial charge >= 0.3 is 0 Å². The molecule has 0 aromatic carbocycles. The molecule has 0 saturated heterocycles. The van der Waals surface area contributed by atoms with E-state index in [1.165, 1.54) is 19.3 Å². The minimum atomic E-state index is 0.0657. The Labute approximate surface area is 99.6 Å². The van der Waals surface area contributed by atoms with Crippen molar-refractivity contribution in [1.29, 1.82) is 0 Å². The largest absolute Gasteiger partial charge is 0.324 e. The van der Waals surface area contributed by atoms with Gasteiger partial charge in [0.2, 0.25) is 0 Å². The maximum atomic E-state index is 6.63. The van der Waals surface area contributed by atoms with Crippen LogP contribution in [0.2, 0.25) is 0 Å². The highest BCUT2D eigenvalue weighted by Gasteiger charge is 2.40. The fourth-order valence-electron chi connectivity index (χ4n) is 2.38. The molecule has 0 radical (unpaired) electrons. The van der Waals surface area contributed by atoms with Crippen LogP contribution in [-0.4, -0.2) is 16.0 Å². The molecule has 1 aliphatic carbocycles. The highest BCUT2D eigenvalue weighted by atomic mass is 32.2. The summed E-state index contributed by atoms with van der Waals surface area (Å²) in [5, 5.41) is 0. The van der Waals surface area contributed by atoms with E-state index < -0.39 is 0 Å². The second kappa shape index (κ2) is 4.67. The monoisotopic (exact) mass is 229 g/mol. The topological polar surface area (TPSA) is 26.0 Å². The quantitative estimate of drug-likeness (QED) is 0.782. The van der Waals surface area contributed by atoms with Crippen LogP contribution in [-0.2, 0) is 0 Å². The summed E-state index contributed by atoms with van der Waals surface area (Å²) in [6.07, 6.45) is 3.98. The van der Waals surface area contributed by atoms with E-state index in [0.717, 1.165) is 5.75 Å². The third-order valence-corrected chi connectivity index (χ3v) is 5.37. The summed E-state index contributed by atoms with van der Waals surface area (Å²) < 4.78 is 0.337. The molecule has 1 aliphatic rings. The first-order valence-corrected chi connectivity index (χ1v) is 7.17. The van der Waals surface area contributed by atoms with Crippen molar-refractivity contribution in [3.63, 3.8) is 0 Å². The molecule has 0 aromatic rings. The standard InChI is InChI=1S/C13H27NS/c1-10-7-6-8-11(2)13(10,14)9-15-12(3,4)5/h10-11H,6-9,14H2,1-5H3/t10-,11+,13?. The Morgan fingerprint density at radius 3 is 2.07 bits per heavy atom. The van der Waals surface area contributed by atoms with Crippen LogP contribution in [0.5, 0.6) is 0 Å². The lowest BCUT2D eigenvalue weighted by Gasteiger charge is -2.45. The molecule has 0 amide bonds. The zero-order valence-corrected chi connectivity index (χ0v) is 11.8. The third-order valence-electron chi connectivity index (χ3n) is 3.86. The van der Waals surface area contributed by atoms with Gasteiger partial charge in [-0.2, -0.15) is 11.8 Å². The molecule has 1 rings (SSSR count). The van der Waals surface area contributed by atoms with E-state index in [-0.39, 0.29) is 5.54 Å². The van der Waals surface area contributed by atoms with Crippen LogP contribution >= 0.6 is 11.8 Å². The lowest BCUT2D eigenvalue weighted by atomic mass is 9.69. The van der Waals surface area contributed by atoms with Crippen LogP contribution in [0.15, 0.2) is 0 Å². The molecule has 90 valence electrons. The van der Waals surface area contributed by atoms with Crippen molar-refractivity contribution in [2.24, 2.45) is 17.6 Å². The lowest BCUT2D eigenvalue weighted by molar-refractivity contribution is 0.157. The summed E-state index contributed by atoms with van der Waals surface area (Å²) in [6, 6.07) is 0. The Kier molecular flexibility index (Phi) is 4.16. The Morgan fingerprint density at radius 2 is 1.67 bits per heavy atom. The van der Waals surface area contributed by atoms with E-state index in [0.29, 0.717) is 16.6 Å². The molecule has 1 fully saturated rings. The molecule has 0 aromatic heterocycles. The molecule has 2 N–H and O–H groups in total. The Bertz CT molecular complexity index is 197.